The van der Waals surface area contributed by atoms with Crippen LogP contribution in [0.5, 0.6) is 34.5 Å². The molecule has 0 aromatic heterocycles. The van der Waals surface area contributed by atoms with E-state index < -0.39 is 49.2 Å². The van der Waals surface area contributed by atoms with Gasteiger partial charge in [-0.25, -0.2) is 0 Å². The summed E-state index contributed by atoms with van der Waals surface area (Å²) in [6, 6.07) is 5.33. The Morgan fingerprint density at radius 3 is 2.20 bits per heavy atom. The molecule has 0 bridgehead atoms. The van der Waals surface area contributed by atoms with Gasteiger partial charge in [0.1, 0.15) is 53.3 Å². The quantitative estimate of drug-likeness (QED) is 0.316. The highest BCUT2D eigenvalue weighted by Gasteiger charge is 2.45. The predicted octanol–water partition coefficient (Wildman–Crippen LogP) is 0.000200. The summed E-state index contributed by atoms with van der Waals surface area (Å²) in [6.07, 6.45) is -8.74. The Bertz CT molecular complexity index is 1080. The smallest absolute Gasteiger partial charge is 0.229 e. The first-order chi connectivity index (χ1) is 16.7. The van der Waals surface area contributed by atoms with Crippen LogP contribution in [0.1, 0.15) is 28.4 Å². The van der Waals surface area contributed by atoms with Crippen molar-refractivity contribution < 1.29 is 59.1 Å². The standard InChI is InChI=1S/C23H26O12/c1-31-15-3-9(4-16(32-2)19(15)27)12-7-11(26)18-13(33-12)5-10(25)6-14(18)34-23-22(30)21(29)20(28)17(8-24)35-23/h3-6,12,17,20-25,27-30H,7-8H2,1-2H3/t12-,17-,20-,21+,22-,23-/m1/s1. The summed E-state index contributed by atoms with van der Waals surface area (Å²) in [6.45, 7) is -0.660. The van der Waals surface area contributed by atoms with Gasteiger partial charge >= 0.3 is 0 Å². The van der Waals surface area contributed by atoms with Crippen LogP contribution in [0.2, 0.25) is 0 Å². The van der Waals surface area contributed by atoms with Crippen molar-refractivity contribution in [3.63, 3.8) is 0 Å². The Hall–Kier alpha value is -3.29. The zero-order chi connectivity index (χ0) is 25.4. The molecule has 2 aliphatic rings. The number of ether oxygens (including phenoxy) is 5. The lowest BCUT2D eigenvalue weighted by atomic mass is 9.94. The minimum Gasteiger partial charge on any atom is -0.508 e. The van der Waals surface area contributed by atoms with E-state index in [0.717, 1.165) is 6.07 Å². The van der Waals surface area contributed by atoms with Crippen LogP contribution in [0, 0.1) is 0 Å². The largest absolute Gasteiger partial charge is 0.508 e. The number of carbonyl (C=O) groups is 1. The van der Waals surface area contributed by atoms with Crippen molar-refractivity contribution in [2.24, 2.45) is 0 Å². The van der Waals surface area contributed by atoms with E-state index in [1.54, 1.807) is 0 Å². The lowest BCUT2D eigenvalue weighted by Gasteiger charge is -2.40. The number of rotatable bonds is 6. The van der Waals surface area contributed by atoms with Crippen LogP contribution in [0.15, 0.2) is 24.3 Å². The summed E-state index contributed by atoms with van der Waals surface area (Å²) in [7, 11) is 2.72. The predicted molar refractivity (Wildman–Crippen MR) is 116 cm³/mol. The van der Waals surface area contributed by atoms with Crippen LogP contribution >= 0.6 is 0 Å². The maximum absolute atomic E-state index is 13.2. The first-order valence-corrected chi connectivity index (χ1v) is 10.7. The molecule has 0 saturated carbocycles. The number of phenolic OH excluding ortho intramolecular Hbond substituents is 2. The van der Waals surface area contributed by atoms with Crippen LogP contribution in [0.3, 0.4) is 0 Å². The molecule has 2 heterocycles. The molecule has 0 amide bonds. The van der Waals surface area contributed by atoms with Gasteiger partial charge in [0.2, 0.25) is 12.0 Å². The number of phenols is 2. The van der Waals surface area contributed by atoms with E-state index in [9.17, 15) is 35.4 Å². The SMILES string of the molecule is COc1cc([C@H]2CC(=O)c3c(O[C@@H]4O[C@H](CO)[C@@H](O)[C@H](O)[C@H]4O)cc(O)cc3O2)cc(OC)c1O. The number of aliphatic hydroxyl groups is 4. The van der Waals surface area contributed by atoms with Gasteiger partial charge in [-0.3, -0.25) is 4.79 Å². The molecule has 12 nitrogen and oxygen atoms in total. The molecule has 190 valence electrons. The molecule has 0 spiro atoms. The van der Waals surface area contributed by atoms with Crippen LogP contribution in [-0.4, -0.2) is 88.0 Å². The fraction of sp³-hybridized carbons (Fsp3) is 0.435. The van der Waals surface area contributed by atoms with Crippen LogP contribution in [0.25, 0.3) is 0 Å². The third kappa shape index (κ3) is 4.54. The van der Waals surface area contributed by atoms with E-state index >= 15 is 0 Å². The van der Waals surface area contributed by atoms with Gasteiger partial charge in [0.15, 0.2) is 17.3 Å². The molecule has 1 saturated heterocycles. The fourth-order valence-corrected chi connectivity index (χ4v) is 4.08. The van der Waals surface area contributed by atoms with Gasteiger partial charge < -0.3 is 54.3 Å². The number of hydrogen-bond donors (Lipinski definition) is 6. The molecule has 6 N–H and O–H groups in total. The van der Waals surface area contributed by atoms with E-state index in [0.29, 0.717) is 5.56 Å². The maximum Gasteiger partial charge on any atom is 0.229 e. The zero-order valence-electron chi connectivity index (χ0n) is 18.8. The zero-order valence-corrected chi connectivity index (χ0v) is 18.8. The fourth-order valence-electron chi connectivity index (χ4n) is 4.08. The summed E-state index contributed by atoms with van der Waals surface area (Å²) >= 11 is 0. The Labute approximate surface area is 199 Å². The number of aromatic hydroxyl groups is 2. The van der Waals surface area contributed by atoms with Crippen molar-refractivity contribution in [3.8, 4) is 34.5 Å². The molecule has 0 aliphatic carbocycles. The van der Waals surface area contributed by atoms with Gasteiger partial charge in [-0.05, 0) is 12.1 Å². The average Bonchev–Trinajstić information content (AvgIpc) is 2.83. The summed E-state index contributed by atoms with van der Waals surface area (Å²) in [5.41, 5.74) is 0.434. The highest BCUT2D eigenvalue weighted by Crippen LogP contribution is 2.45. The number of hydrogen-bond acceptors (Lipinski definition) is 12. The van der Waals surface area contributed by atoms with Crippen LogP contribution in [-0.2, 0) is 4.74 Å². The van der Waals surface area contributed by atoms with Crippen LogP contribution < -0.4 is 18.9 Å². The van der Waals surface area contributed by atoms with Crippen molar-refractivity contribution >= 4 is 5.78 Å². The molecular weight excluding hydrogens is 468 g/mol. The van der Waals surface area contributed by atoms with E-state index in [2.05, 4.69) is 0 Å². The molecule has 0 unspecified atom stereocenters. The molecule has 2 aromatic rings. The first-order valence-electron chi connectivity index (χ1n) is 10.7. The Balaban J connectivity index is 1.66. The molecule has 1 fully saturated rings. The number of aliphatic hydroxyl groups excluding tert-OH is 4. The molecule has 0 radical (unpaired) electrons. The van der Waals surface area contributed by atoms with Crippen molar-refractivity contribution in [1.29, 1.82) is 0 Å². The number of Topliss-reactive ketones (excluding diaryl/α,β-unsaturated/α-hetero) is 1. The minimum absolute atomic E-state index is 0.0168. The highest BCUT2D eigenvalue weighted by atomic mass is 16.7. The lowest BCUT2D eigenvalue weighted by molar-refractivity contribution is -0.277. The summed E-state index contributed by atoms with van der Waals surface area (Å²) in [4.78, 5) is 13.2. The molecule has 12 heteroatoms. The van der Waals surface area contributed by atoms with Gasteiger partial charge in [0.05, 0.1) is 27.2 Å². The van der Waals surface area contributed by atoms with E-state index in [-0.39, 0.29) is 46.5 Å². The molecule has 6 atom stereocenters. The Kier molecular flexibility index (Phi) is 6.92. The summed E-state index contributed by atoms with van der Waals surface area (Å²) in [5.74, 6) is -0.938. The van der Waals surface area contributed by atoms with E-state index in [4.69, 9.17) is 23.7 Å². The Morgan fingerprint density at radius 1 is 0.943 bits per heavy atom. The van der Waals surface area contributed by atoms with Gasteiger partial charge in [-0.15, -0.1) is 0 Å². The average molecular weight is 494 g/mol. The highest BCUT2D eigenvalue weighted by molar-refractivity contribution is 6.03. The van der Waals surface area contributed by atoms with Crippen molar-refractivity contribution in [2.45, 2.75) is 43.2 Å². The third-order valence-corrected chi connectivity index (χ3v) is 5.94. The molecular formula is C23H26O12. The first kappa shape index (κ1) is 24.8. The number of carbonyl (C=O) groups excluding carboxylic acids is 1. The summed E-state index contributed by atoms with van der Waals surface area (Å²) < 4.78 is 27.2. The maximum atomic E-state index is 13.2. The number of ketones is 1. The van der Waals surface area contributed by atoms with Gasteiger partial charge in [-0.1, -0.05) is 0 Å². The molecule has 2 aromatic carbocycles. The third-order valence-electron chi connectivity index (χ3n) is 5.94. The normalized spacial score (nSPS) is 28.1. The van der Waals surface area contributed by atoms with Gasteiger partial charge in [0, 0.05) is 17.7 Å². The second-order valence-corrected chi connectivity index (χ2v) is 8.14. The van der Waals surface area contributed by atoms with E-state index in [1.165, 1.54) is 32.4 Å². The van der Waals surface area contributed by atoms with Crippen molar-refractivity contribution in [2.75, 3.05) is 20.8 Å². The van der Waals surface area contributed by atoms with Gasteiger partial charge in [-0.2, -0.15) is 0 Å². The second kappa shape index (κ2) is 9.76. The van der Waals surface area contributed by atoms with Crippen molar-refractivity contribution in [3.05, 3.63) is 35.4 Å². The molecule has 35 heavy (non-hydrogen) atoms. The van der Waals surface area contributed by atoms with Crippen molar-refractivity contribution in [1.82, 2.24) is 0 Å². The van der Waals surface area contributed by atoms with E-state index in [1.807, 2.05) is 0 Å². The number of fused-ring (bicyclic) bond motifs is 1. The lowest BCUT2D eigenvalue weighted by Crippen LogP contribution is -2.60. The second-order valence-electron chi connectivity index (χ2n) is 8.14. The molecule has 2 aliphatic heterocycles. The summed E-state index contributed by atoms with van der Waals surface area (Å²) in [5, 5.41) is 60.0. The molecule has 4 rings (SSSR count). The minimum atomic E-state index is -1.71. The van der Waals surface area contributed by atoms with Gasteiger partial charge in [0.25, 0.3) is 0 Å². The monoisotopic (exact) mass is 494 g/mol. The number of methoxy groups -OCH3 is 2. The van der Waals surface area contributed by atoms with Crippen LogP contribution in [0.4, 0.5) is 0 Å². The topological polar surface area (TPSA) is 185 Å². The Morgan fingerprint density at radius 2 is 1.60 bits per heavy atom. The number of benzene rings is 2.